The average molecular weight is 256 g/mol. The Hall–Kier alpha value is -0.710. The molecule has 0 bridgehead atoms. The molecular formula is C12H20N2O2S. The molecule has 1 saturated heterocycles. The molecule has 1 saturated carbocycles. The van der Waals surface area contributed by atoms with Crippen molar-refractivity contribution in [2.24, 2.45) is 5.92 Å². The zero-order chi connectivity index (χ0) is 12.3. The van der Waals surface area contributed by atoms with E-state index in [1.54, 1.807) is 0 Å². The van der Waals surface area contributed by atoms with Gasteiger partial charge in [-0.3, -0.25) is 9.59 Å². The molecule has 1 aliphatic carbocycles. The maximum atomic E-state index is 11.9. The van der Waals surface area contributed by atoms with Crippen molar-refractivity contribution in [3.05, 3.63) is 0 Å². The van der Waals surface area contributed by atoms with Crippen molar-refractivity contribution in [3.8, 4) is 0 Å². The van der Waals surface area contributed by atoms with Gasteiger partial charge in [0.1, 0.15) is 0 Å². The third kappa shape index (κ3) is 3.37. The molecule has 5 heteroatoms. The third-order valence-corrected chi connectivity index (χ3v) is 4.84. The van der Waals surface area contributed by atoms with Gasteiger partial charge in [-0.05, 0) is 31.9 Å². The molecule has 1 aliphatic heterocycles. The van der Waals surface area contributed by atoms with E-state index in [1.165, 1.54) is 12.8 Å². The molecule has 1 unspecified atom stereocenters. The largest absolute Gasteiger partial charge is 0.355 e. The van der Waals surface area contributed by atoms with Crippen LogP contribution in [0.4, 0.5) is 0 Å². The molecule has 0 aromatic heterocycles. The summed E-state index contributed by atoms with van der Waals surface area (Å²) in [5.41, 5.74) is 0. The summed E-state index contributed by atoms with van der Waals surface area (Å²) in [6.45, 7) is 0.505. The van der Waals surface area contributed by atoms with Crippen molar-refractivity contribution in [3.63, 3.8) is 0 Å². The molecular weight excluding hydrogens is 236 g/mol. The smallest absolute Gasteiger partial charge is 0.225 e. The lowest BCUT2D eigenvalue weighted by atomic mass is 9.94. The molecule has 2 amide bonds. The highest BCUT2D eigenvalue weighted by Crippen LogP contribution is 2.27. The Kier molecular flexibility index (Phi) is 4.31. The first-order valence-corrected chi connectivity index (χ1v) is 7.57. The van der Waals surface area contributed by atoms with Crippen LogP contribution < -0.4 is 10.6 Å². The predicted molar refractivity (Wildman–Crippen MR) is 68.8 cm³/mol. The second kappa shape index (κ2) is 5.76. The molecule has 2 rings (SSSR count). The van der Waals surface area contributed by atoms with Gasteiger partial charge in [-0.25, -0.2) is 0 Å². The number of hydrogen-bond donors (Lipinski definition) is 2. The SMILES string of the molecule is CSC1CCC(NC(=O)C2CNC(=O)C2)CC1. The third-order valence-electron chi connectivity index (χ3n) is 3.70. The standard InChI is InChI=1S/C12H20N2O2S/c1-17-10-4-2-9(3-5-10)14-12(16)8-6-11(15)13-7-8/h8-10H,2-7H2,1H3,(H,13,15)(H,14,16). The normalized spacial score (nSPS) is 33.2. The molecule has 0 spiro atoms. The highest BCUT2D eigenvalue weighted by molar-refractivity contribution is 7.99. The Labute approximate surface area is 106 Å². The zero-order valence-corrected chi connectivity index (χ0v) is 11.0. The van der Waals surface area contributed by atoms with Crippen LogP contribution in [0, 0.1) is 5.92 Å². The van der Waals surface area contributed by atoms with Crippen molar-refractivity contribution < 1.29 is 9.59 Å². The molecule has 96 valence electrons. The zero-order valence-electron chi connectivity index (χ0n) is 10.2. The molecule has 0 aromatic carbocycles. The first-order valence-electron chi connectivity index (χ1n) is 6.29. The second-order valence-electron chi connectivity index (χ2n) is 4.92. The van der Waals surface area contributed by atoms with Crippen LogP contribution in [0.1, 0.15) is 32.1 Å². The number of carbonyl (C=O) groups excluding carboxylic acids is 2. The van der Waals surface area contributed by atoms with Crippen LogP contribution in [0.5, 0.6) is 0 Å². The van der Waals surface area contributed by atoms with Crippen molar-refractivity contribution in [2.45, 2.75) is 43.4 Å². The van der Waals surface area contributed by atoms with Crippen molar-refractivity contribution in [1.82, 2.24) is 10.6 Å². The van der Waals surface area contributed by atoms with Crippen LogP contribution in [0.25, 0.3) is 0 Å². The number of carbonyl (C=O) groups is 2. The fourth-order valence-corrected chi connectivity index (χ4v) is 3.30. The fraction of sp³-hybridized carbons (Fsp3) is 0.833. The first kappa shape index (κ1) is 12.7. The Balaban J connectivity index is 1.74. The van der Waals surface area contributed by atoms with E-state index in [2.05, 4.69) is 16.9 Å². The molecule has 4 nitrogen and oxygen atoms in total. The van der Waals surface area contributed by atoms with E-state index in [4.69, 9.17) is 0 Å². The second-order valence-corrected chi connectivity index (χ2v) is 6.06. The van der Waals surface area contributed by atoms with Crippen molar-refractivity contribution >= 4 is 23.6 Å². The fourth-order valence-electron chi connectivity index (χ4n) is 2.55. The van der Waals surface area contributed by atoms with Gasteiger partial charge in [0.2, 0.25) is 11.8 Å². The van der Waals surface area contributed by atoms with E-state index in [0.29, 0.717) is 19.0 Å². The first-order chi connectivity index (χ1) is 8.19. The highest BCUT2D eigenvalue weighted by atomic mass is 32.2. The van der Waals surface area contributed by atoms with Crippen molar-refractivity contribution in [2.75, 3.05) is 12.8 Å². The quantitative estimate of drug-likeness (QED) is 0.789. The number of nitrogens with one attached hydrogen (secondary N) is 2. The molecule has 1 atom stereocenters. The van der Waals surface area contributed by atoms with Gasteiger partial charge in [-0.2, -0.15) is 11.8 Å². The topological polar surface area (TPSA) is 58.2 Å². The van der Waals surface area contributed by atoms with Crippen LogP contribution in [0.15, 0.2) is 0 Å². The van der Waals surface area contributed by atoms with Gasteiger partial charge < -0.3 is 10.6 Å². The molecule has 2 N–H and O–H groups in total. The summed E-state index contributed by atoms with van der Waals surface area (Å²) in [6, 6.07) is 0.321. The Morgan fingerprint density at radius 2 is 2.06 bits per heavy atom. The Bertz CT molecular complexity index is 301. The lowest BCUT2D eigenvalue weighted by Crippen LogP contribution is -2.41. The highest BCUT2D eigenvalue weighted by Gasteiger charge is 2.30. The molecule has 0 radical (unpaired) electrons. The van der Waals surface area contributed by atoms with Gasteiger partial charge in [-0.1, -0.05) is 0 Å². The van der Waals surface area contributed by atoms with Crippen LogP contribution in [-0.2, 0) is 9.59 Å². The van der Waals surface area contributed by atoms with Crippen LogP contribution in [0.2, 0.25) is 0 Å². The molecule has 1 heterocycles. The van der Waals surface area contributed by atoms with Crippen LogP contribution in [-0.4, -0.2) is 35.9 Å². The Morgan fingerprint density at radius 1 is 1.35 bits per heavy atom. The number of amides is 2. The maximum absolute atomic E-state index is 11.9. The van der Waals surface area contributed by atoms with Gasteiger partial charge in [-0.15, -0.1) is 0 Å². The van der Waals surface area contributed by atoms with Gasteiger partial charge in [0.05, 0.1) is 5.92 Å². The summed E-state index contributed by atoms with van der Waals surface area (Å²) in [4.78, 5) is 22.9. The summed E-state index contributed by atoms with van der Waals surface area (Å²) in [7, 11) is 0. The van der Waals surface area contributed by atoms with Gasteiger partial charge >= 0.3 is 0 Å². The predicted octanol–water partition coefficient (Wildman–Crippen LogP) is 0.913. The van der Waals surface area contributed by atoms with E-state index in [0.717, 1.165) is 18.1 Å². The van der Waals surface area contributed by atoms with E-state index >= 15 is 0 Å². The summed E-state index contributed by atoms with van der Waals surface area (Å²) in [5.74, 6) is -0.104. The van der Waals surface area contributed by atoms with E-state index < -0.39 is 0 Å². The maximum Gasteiger partial charge on any atom is 0.225 e. The van der Waals surface area contributed by atoms with E-state index in [1.807, 2.05) is 11.8 Å². The average Bonchev–Trinajstić information content (AvgIpc) is 2.77. The van der Waals surface area contributed by atoms with Gasteiger partial charge in [0.15, 0.2) is 0 Å². The molecule has 2 fully saturated rings. The number of rotatable bonds is 3. The van der Waals surface area contributed by atoms with Crippen LogP contribution >= 0.6 is 11.8 Å². The van der Waals surface area contributed by atoms with E-state index in [9.17, 15) is 9.59 Å². The minimum Gasteiger partial charge on any atom is -0.355 e. The minimum atomic E-state index is -0.152. The molecule has 2 aliphatic rings. The van der Waals surface area contributed by atoms with Gasteiger partial charge in [0, 0.05) is 24.3 Å². The van der Waals surface area contributed by atoms with Gasteiger partial charge in [0.25, 0.3) is 0 Å². The Morgan fingerprint density at radius 3 is 2.59 bits per heavy atom. The molecule has 17 heavy (non-hydrogen) atoms. The number of hydrogen-bond acceptors (Lipinski definition) is 3. The summed E-state index contributed by atoms with van der Waals surface area (Å²) in [5, 5.41) is 6.55. The van der Waals surface area contributed by atoms with Crippen molar-refractivity contribution in [1.29, 1.82) is 0 Å². The molecule has 0 aromatic rings. The van der Waals surface area contributed by atoms with Crippen LogP contribution in [0.3, 0.4) is 0 Å². The summed E-state index contributed by atoms with van der Waals surface area (Å²) >= 11 is 1.92. The lowest BCUT2D eigenvalue weighted by Gasteiger charge is -2.28. The lowest BCUT2D eigenvalue weighted by molar-refractivity contribution is -0.127. The number of thioether (sulfide) groups is 1. The summed E-state index contributed by atoms with van der Waals surface area (Å²) in [6.07, 6.45) is 7.03. The summed E-state index contributed by atoms with van der Waals surface area (Å²) < 4.78 is 0. The minimum absolute atomic E-state index is 0.00348. The van der Waals surface area contributed by atoms with E-state index in [-0.39, 0.29) is 17.7 Å². The monoisotopic (exact) mass is 256 g/mol.